The zero-order valence-electron chi connectivity index (χ0n) is 17.9. The molecule has 1 saturated carbocycles. The summed E-state index contributed by atoms with van der Waals surface area (Å²) >= 11 is 0. The Morgan fingerprint density at radius 3 is 2.73 bits per heavy atom. The summed E-state index contributed by atoms with van der Waals surface area (Å²) in [5, 5.41) is 8.65. The molecular formula is C23H31N5O2. The molecule has 2 aliphatic heterocycles. The molecule has 160 valence electrons. The molecular weight excluding hydrogens is 378 g/mol. The molecule has 0 amide bonds. The Balaban J connectivity index is 1.27. The van der Waals surface area contributed by atoms with Crippen molar-refractivity contribution in [2.45, 2.75) is 57.7 Å². The summed E-state index contributed by atoms with van der Waals surface area (Å²) in [5.41, 5.74) is 2.54. The summed E-state index contributed by atoms with van der Waals surface area (Å²) in [5.74, 6) is 1.75. The quantitative estimate of drug-likeness (QED) is 0.778. The first-order valence-corrected chi connectivity index (χ1v) is 11.1. The zero-order chi connectivity index (χ0) is 20.6. The van der Waals surface area contributed by atoms with E-state index in [1.165, 1.54) is 25.7 Å². The number of benzene rings is 1. The maximum atomic E-state index is 5.51. The summed E-state index contributed by atoms with van der Waals surface area (Å²) in [4.78, 5) is 17.6. The normalized spacial score (nSPS) is 23.3. The van der Waals surface area contributed by atoms with Crippen LogP contribution in [0.1, 0.15) is 45.4 Å². The van der Waals surface area contributed by atoms with E-state index in [4.69, 9.17) is 19.5 Å². The van der Waals surface area contributed by atoms with Crippen LogP contribution in [0, 0.1) is 5.41 Å². The van der Waals surface area contributed by atoms with Crippen LogP contribution in [0.15, 0.2) is 29.4 Å². The summed E-state index contributed by atoms with van der Waals surface area (Å²) < 4.78 is 5.51. The largest absolute Gasteiger partial charge is 0.392 e. The van der Waals surface area contributed by atoms with Gasteiger partial charge < -0.3 is 19.8 Å². The predicted molar refractivity (Wildman–Crippen MR) is 119 cm³/mol. The first-order valence-electron chi connectivity index (χ1n) is 11.1. The second-order valence-corrected chi connectivity index (χ2v) is 9.12. The molecule has 1 N–H and O–H groups in total. The Hall–Kier alpha value is -2.41. The molecule has 2 fully saturated rings. The van der Waals surface area contributed by atoms with Crippen LogP contribution in [0.5, 0.6) is 0 Å². The minimum atomic E-state index is 0.168. The van der Waals surface area contributed by atoms with Crippen molar-refractivity contribution in [3.63, 3.8) is 0 Å². The molecule has 1 spiro atoms. The topological polar surface area (TPSA) is 71.9 Å². The number of oxime groups is 1. The third-order valence-electron chi connectivity index (χ3n) is 6.99. The van der Waals surface area contributed by atoms with Gasteiger partial charge in [0.25, 0.3) is 0 Å². The molecule has 7 heteroatoms. The van der Waals surface area contributed by atoms with Gasteiger partial charge in [0, 0.05) is 45.0 Å². The fourth-order valence-electron chi connectivity index (χ4n) is 5.08. The van der Waals surface area contributed by atoms with Crippen molar-refractivity contribution >= 4 is 28.4 Å². The highest BCUT2D eigenvalue weighted by atomic mass is 16.6. The van der Waals surface area contributed by atoms with E-state index in [-0.39, 0.29) is 6.10 Å². The lowest BCUT2D eigenvalue weighted by Crippen LogP contribution is -2.50. The summed E-state index contributed by atoms with van der Waals surface area (Å²) in [6.07, 6.45) is 7.25. The number of hydrogen-bond donors (Lipinski definition) is 1. The van der Waals surface area contributed by atoms with E-state index in [1.54, 1.807) is 0 Å². The Morgan fingerprint density at radius 2 is 2.00 bits per heavy atom. The molecule has 5 rings (SSSR count). The molecule has 7 nitrogen and oxygen atoms in total. The van der Waals surface area contributed by atoms with Gasteiger partial charge in [-0.2, -0.15) is 4.98 Å². The van der Waals surface area contributed by atoms with Gasteiger partial charge in [-0.15, -0.1) is 0 Å². The fraction of sp³-hybridized carbons (Fsp3) is 0.609. The van der Waals surface area contributed by atoms with Crippen LogP contribution in [-0.2, 0) is 9.57 Å². The van der Waals surface area contributed by atoms with E-state index >= 15 is 0 Å². The maximum Gasteiger partial charge on any atom is 0.227 e. The lowest BCUT2D eigenvalue weighted by atomic mass is 9.61. The number of piperidine rings is 1. The van der Waals surface area contributed by atoms with Crippen LogP contribution in [0.4, 0.5) is 11.8 Å². The van der Waals surface area contributed by atoms with E-state index in [2.05, 4.69) is 27.5 Å². The van der Waals surface area contributed by atoms with Gasteiger partial charge in [0.05, 0.1) is 17.3 Å². The van der Waals surface area contributed by atoms with Gasteiger partial charge in [-0.1, -0.05) is 17.3 Å². The molecule has 0 radical (unpaired) electrons. The van der Waals surface area contributed by atoms with E-state index in [0.29, 0.717) is 11.5 Å². The second kappa shape index (κ2) is 8.02. The summed E-state index contributed by atoms with van der Waals surface area (Å²) in [7, 11) is 1.83. The number of methoxy groups -OCH3 is 1. The standard InChI is InChI=1S/C23H31N5O2/c1-16-13-17(30-27-16)7-10-24-21-19-5-3-4-6-20(19)25-22(26-21)28-11-8-23(9-12-28)14-18(15-23)29-2/h3-6,17-18H,7-15H2,1-2H3,(H,24,25,26). The van der Waals surface area contributed by atoms with Gasteiger partial charge in [0.15, 0.2) is 0 Å². The molecule has 0 bridgehead atoms. The number of rotatable bonds is 6. The van der Waals surface area contributed by atoms with Crippen LogP contribution in [0.2, 0.25) is 0 Å². The molecule has 1 aliphatic carbocycles. The number of nitrogens with one attached hydrogen (secondary N) is 1. The minimum absolute atomic E-state index is 0.168. The van der Waals surface area contributed by atoms with Gasteiger partial charge >= 0.3 is 0 Å². The third-order valence-corrected chi connectivity index (χ3v) is 6.99. The summed E-state index contributed by atoms with van der Waals surface area (Å²) in [6.45, 7) is 4.84. The van der Waals surface area contributed by atoms with Gasteiger partial charge in [0.1, 0.15) is 11.9 Å². The molecule has 3 aliphatic rings. The molecule has 1 aromatic heterocycles. The molecule has 3 heterocycles. The van der Waals surface area contributed by atoms with Crippen LogP contribution in [0.3, 0.4) is 0 Å². The molecule has 1 aromatic carbocycles. The number of ether oxygens (including phenoxy) is 1. The Kier molecular flexibility index (Phi) is 5.23. The van der Waals surface area contributed by atoms with Crippen molar-refractivity contribution in [2.75, 3.05) is 37.0 Å². The fourth-order valence-corrected chi connectivity index (χ4v) is 5.08. The average molecular weight is 410 g/mol. The molecule has 2 aromatic rings. The van der Waals surface area contributed by atoms with E-state index < -0.39 is 0 Å². The number of aromatic nitrogens is 2. The number of fused-ring (bicyclic) bond motifs is 1. The smallest absolute Gasteiger partial charge is 0.227 e. The van der Waals surface area contributed by atoms with Crippen molar-refractivity contribution in [2.24, 2.45) is 10.6 Å². The van der Waals surface area contributed by atoms with E-state index in [1.807, 2.05) is 26.2 Å². The van der Waals surface area contributed by atoms with Gasteiger partial charge in [0.2, 0.25) is 5.95 Å². The Labute approximate surface area is 177 Å². The average Bonchev–Trinajstić information content (AvgIpc) is 3.17. The monoisotopic (exact) mass is 409 g/mol. The number of anilines is 2. The lowest BCUT2D eigenvalue weighted by molar-refractivity contribution is -0.0709. The lowest BCUT2D eigenvalue weighted by Gasteiger charge is -2.51. The van der Waals surface area contributed by atoms with E-state index in [0.717, 1.165) is 60.9 Å². The number of para-hydroxylation sites is 1. The van der Waals surface area contributed by atoms with Crippen molar-refractivity contribution in [3.05, 3.63) is 24.3 Å². The van der Waals surface area contributed by atoms with Crippen molar-refractivity contribution in [3.8, 4) is 0 Å². The Bertz CT molecular complexity index is 930. The first-order chi connectivity index (χ1) is 14.6. The molecule has 1 unspecified atom stereocenters. The SMILES string of the molecule is COC1CC2(CCN(c3nc(NCCC4CC(C)=NO4)c4ccccc4n3)CC2)C1. The molecule has 30 heavy (non-hydrogen) atoms. The zero-order valence-corrected chi connectivity index (χ0v) is 17.9. The maximum absolute atomic E-state index is 5.51. The highest BCUT2D eigenvalue weighted by Crippen LogP contribution is 2.50. The van der Waals surface area contributed by atoms with Crippen molar-refractivity contribution in [1.29, 1.82) is 0 Å². The number of hydrogen-bond acceptors (Lipinski definition) is 7. The van der Waals surface area contributed by atoms with Gasteiger partial charge in [-0.3, -0.25) is 0 Å². The highest BCUT2D eigenvalue weighted by molar-refractivity contribution is 5.90. The first kappa shape index (κ1) is 19.5. The minimum Gasteiger partial charge on any atom is -0.392 e. The van der Waals surface area contributed by atoms with Gasteiger partial charge in [-0.25, -0.2) is 4.98 Å². The number of nitrogens with zero attached hydrogens (tertiary/aromatic N) is 4. The van der Waals surface area contributed by atoms with Crippen LogP contribution < -0.4 is 10.2 Å². The Morgan fingerprint density at radius 1 is 1.20 bits per heavy atom. The van der Waals surface area contributed by atoms with E-state index in [9.17, 15) is 0 Å². The molecule has 1 saturated heterocycles. The van der Waals surface area contributed by atoms with Crippen molar-refractivity contribution < 1.29 is 9.57 Å². The van der Waals surface area contributed by atoms with Crippen LogP contribution >= 0.6 is 0 Å². The third kappa shape index (κ3) is 3.83. The van der Waals surface area contributed by atoms with Gasteiger partial charge in [-0.05, 0) is 50.2 Å². The highest BCUT2D eigenvalue weighted by Gasteiger charge is 2.46. The van der Waals surface area contributed by atoms with Crippen LogP contribution in [0.25, 0.3) is 10.9 Å². The van der Waals surface area contributed by atoms with Crippen molar-refractivity contribution in [1.82, 2.24) is 9.97 Å². The summed E-state index contributed by atoms with van der Waals surface area (Å²) in [6, 6.07) is 8.25. The van der Waals surface area contributed by atoms with Crippen LogP contribution in [-0.4, -0.2) is 54.6 Å². The second-order valence-electron chi connectivity index (χ2n) is 9.12. The predicted octanol–water partition coefficient (Wildman–Crippen LogP) is 3.99. The molecule has 1 atom stereocenters.